The van der Waals surface area contributed by atoms with E-state index in [2.05, 4.69) is 15.6 Å². The van der Waals surface area contributed by atoms with Crippen molar-refractivity contribution >= 4 is 35.4 Å². The first kappa shape index (κ1) is 31.3. The molecular weight excluding hydrogens is 592 g/mol. The minimum absolute atomic E-state index is 0.176. The Labute approximate surface area is 265 Å². The average molecular weight is 625 g/mol. The van der Waals surface area contributed by atoms with Gasteiger partial charge in [-0.1, -0.05) is 43.1 Å². The summed E-state index contributed by atoms with van der Waals surface area (Å²) < 4.78 is 6.45. The van der Waals surface area contributed by atoms with Crippen LogP contribution in [-0.2, 0) is 9.53 Å². The summed E-state index contributed by atoms with van der Waals surface area (Å²) in [4.78, 5) is 48.2. The largest absolute Gasteiger partial charge is 0.465 e. The van der Waals surface area contributed by atoms with E-state index < -0.39 is 12.0 Å². The maximum Gasteiger partial charge on any atom is 0.337 e. The fraction of sp³-hybridized carbons (Fsp3) is 0.235. The summed E-state index contributed by atoms with van der Waals surface area (Å²) >= 11 is 6.40. The number of carbonyl (C=O) groups excluding carboxylic acids is 2. The number of methoxy groups -OCH3 is 1. The van der Waals surface area contributed by atoms with Gasteiger partial charge in [0.15, 0.2) is 0 Å². The van der Waals surface area contributed by atoms with E-state index in [-0.39, 0.29) is 17.4 Å². The number of ether oxygens (including phenoxy) is 1. The molecule has 2 aromatic heterocycles. The van der Waals surface area contributed by atoms with Gasteiger partial charge in [0.25, 0.3) is 5.56 Å². The third-order valence-electron chi connectivity index (χ3n) is 7.92. The van der Waals surface area contributed by atoms with Crippen LogP contribution in [0.25, 0.3) is 28.1 Å². The van der Waals surface area contributed by atoms with Gasteiger partial charge in [-0.3, -0.25) is 19.1 Å². The average Bonchev–Trinajstić information content (AvgIpc) is 3.06. The van der Waals surface area contributed by atoms with E-state index in [0.717, 1.165) is 22.9 Å². The van der Waals surface area contributed by atoms with E-state index in [0.29, 0.717) is 58.2 Å². The number of hydrogen-bond donors (Lipinski definition) is 3. The van der Waals surface area contributed by atoms with E-state index in [1.807, 2.05) is 25.1 Å². The van der Waals surface area contributed by atoms with Crippen LogP contribution in [0, 0.1) is 11.3 Å². The van der Waals surface area contributed by atoms with Crippen LogP contribution in [0.4, 0.5) is 0 Å². The first-order valence-electron chi connectivity index (χ1n) is 14.5. The normalized spacial score (nSPS) is 18.6. The number of allylic oxidation sites excluding steroid dienone is 1. The molecule has 2 unspecified atom stereocenters. The predicted molar refractivity (Wildman–Crippen MR) is 174 cm³/mol. The molecule has 0 fully saturated rings. The summed E-state index contributed by atoms with van der Waals surface area (Å²) in [6, 6.07) is 17.0. The predicted octanol–water partition coefficient (Wildman–Crippen LogP) is 5.48. The van der Waals surface area contributed by atoms with Gasteiger partial charge in [0.1, 0.15) is 0 Å². The number of fused-ring (bicyclic) bond motifs is 2. The molecule has 0 saturated carbocycles. The molecule has 0 radical (unpaired) electrons. The molecule has 2 aromatic carbocycles. The number of amides is 1. The maximum atomic E-state index is 13.8. The third kappa shape index (κ3) is 6.71. The summed E-state index contributed by atoms with van der Waals surface area (Å²) in [5.41, 5.74) is 4.95. The Morgan fingerprint density at radius 3 is 2.62 bits per heavy atom. The summed E-state index contributed by atoms with van der Waals surface area (Å²) in [7, 11) is 3.05. The fourth-order valence-corrected chi connectivity index (χ4v) is 5.70. The van der Waals surface area contributed by atoms with Crippen molar-refractivity contribution in [3.63, 3.8) is 0 Å². The molecule has 4 aromatic rings. The van der Waals surface area contributed by atoms with Gasteiger partial charge in [-0.15, -0.1) is 0 Å². The van der Waals surface area contributed by atoms with E-state index in [1.54, 1.807) is 54.2 Å². The van der Waals surface area contributed by atoms with Crippen molar-refractivity contribution in [3.05, 3.63) is 111 Å². The van der Waals surface area contributed by atoms with E-state index in [4.69, 9.17) is 26.7 Å². The highest BCUT2D eigenvalue weighted by molar-refractivity contribution is 6.31. The van der Waals surface area contributed by atoms with Gasteiger partial charge in [0.05, 0.1) is 47.8 Å². The maximum absolute atomic E-state index is 13.8. The SMILES string of the molecule is CN/C1=C(\C=N)NC(=O)C(C)CCCC(n2cnc(-c3cc(Cl)ccc3-c3cccc(C(=O)OC)c3)cc2=O)c2cc1ccn2. The number of aromatic nitrogens is 3. The van der Waals surface area contributed by atoms with Gasteiger partial charge in [-0.05, 0) is 60.4 Å². The number of halogens is 1. The second kappa shape index (κ2) is 13.7. The molecule has 10 nitrogen and oxygen atoms in total. The van der Waals surface area contributed by atoms with Crippen molar-refractivity contribution in [2.45, 2.75) is 32.2 Å². The van der Waals surface area contributed by atoms with Crippen LogP contribution in [0.5, 0.6) is 0 Å². The molecule has 1 amide bonds. The van der Waals surface area contributed by atoms with Crippen molar-refractivity contribution in [3.8, 4) is 22.4 Å². The first-order chi connectivity index (χ1) is 21.7. The molecule has 45 heavy (non-hydrogen) atoms. The van der Waals surface area contributed by atoms with Gasteiger partial charge in [0, 0.05) is 47.6 Å². The number of nitrogens with one attached hydrogen (secondary N) is 3. The van der Waals surface area contributed by atoms with Crippen LogP contribution < -0.4 is 16.2 Å². The number of benzene rings is 2. The van der Waals surface area contributed by atoms with Crippen molar-refractivity contribution in [2.75, 3.05) is 14.2 Å². The molecule has 5 rings (SSSR count). The number of esters is 1. The lowest BCUT2D eigenvalue weighted by Crippen LogP contribution is -2.32. The Balaban J connectivity index is 1.59. The van der Waals surface area contributed by atoms with Gasteiger partial charge in [-0.2, -0.15) is 0 Å². The number of nitrogens with zero attached hydrogens (tertiary/aromatic N) is 3. The lowest BCUT2D eigenvalue weighted by Gasteiger charge is -2.23. The summed E-state index contributed by atoms with van der Waals surface area (Å²) in [6.45, 7) is 1.85. The Bertz CT molecular complexity index is 1870. The highest BCUT2D eigenvalue weighted by Crippen LogP contribution is 2.34. The highest BCUT2D eigenvalue weighted by Gasteiger charge is 2.23. The van der Waals surface area contributed by atoms with E-state index in [9.17, 15) is 14.4 Å². The third-order valence-corrected chi connectivity index (χ3v) is 8.15. The Hall–Kier alpha value is -5.09. The Morgan fingerprint density at radius 1 is 1.07 bits per heavy atom. The second-order valence-corrected chi connectivity index (χ2v) is 11.2. The van der Waals surface area contributed by atoms with Gasteiger partial charge >= 0.3 is 5.97 Å². The molecule has 2 atom stereocenters. The quantitative estimate of drug-likeness (QED) is 0.191. The molecule has 1 aliphatic heterocycles. The van der Waals surface area contributed by atoms with Crippen LogP contribution in [-0.4, -0.2) is 46.8 Å². The summed E-state index contributed by atoms with van der Waals surface area (Å²) in [5, 5.41) is 14.4. The molecule has 3 N–H and O–H groups in total. The monoisotopic (exact) mass is 624 g/mol. The first-order valence-corrected chi connectivity index (χ1v) is 14.9. The molecule has 3 heterocycles. The van der Waals surface area contributed by atoms with Crippen LogP contribution in [0.3, 0.4) is 0 Å². The number of hydrogen-bond acceptors (Lipinski definition) is 8. The molecule has 0 spiro atoms. The molecule has 2 bridgehead atoms. The Kier molecular flexibility index (Phi) is 9.53. The lowest BCUT2D eigenvalue weighted by molar-refractivity contribution is -0.123. The minimum Gasteiger partial charge on any atom is -0.465 e. The van der Waals surface area contributed by atoms with Gasteiger partial charge in [-0.25, -0.2) is 9.78 Å². The lowest BCUT2D eigenvalue weighted by atomic mass is 9.95. The van der Waals surface area contributed by atoms with E-state index in [1.165, 1.54) is 19.5 Å². The van der Waals surface area contributed by atoms with Crippen molar-refractivity contribution in [1.29, 1.82) is 5.41 Å². The second-order valence-electron chi connectivity index (χ2n) is 10.8. The molecule has 11 heteroatoms. The zero-order chi connectivity index (χ0) is 32.1. The zero-order valence-corrected chi connectivity index (χ0v) is 25.9. The van der Waals surface area contributed by atoms with Crippen molar-refractivity contribution < 1.29 is 14.3 Å². The van der Waals surface area contributed by atoms with Crippen LogP contribution in [0.2, 0.25) is 5.02 Å². The standard InChI is InChI=1S/C34H33ClN6O4/c1-20-6-4-9-30(28-15-22(12-13-38-28)32(37-2)29(18-36)40-33(20)43)41-19-39-27(17-31(41)42)26-16-24(35)10-11-25(26)21-7-5-8-23(14-21)34(44)45-3/h5,7-8,10-20,30,36-37H,4,6,9H2,1-3H3,(H,40,43)/b32-29+,36-18?. The number of pyridine rings is 1. The molecular formula is C34H33ClN6O4. The minimum atomic E-state index is -0.454. The Morgan fingerprint density at radius 2 is 1.89 bits per heavy atom. The fourth-order valence-electron chi connectivity index (χ4n) is 5.53. The summed E-state index contributed by atoms with van der Waals surface area (Å²) in [5.74, 6) is -0.935. The summed E-state index contributed by atoms with van der Waals surface area (Å²) in [6.07, 6.45) is 6.07. The topological polar surface area (TPSA) is 139 Å². The number of carbonyl (C=O) groups is 2. The van der Waals surface area contributed by atoms with Gasteiger partial charge in [0.2, 0.25) is 5.91 Å². The molecule has 0 saturated heterocycles. The van der Waals surface area contributed by atoms with E-state index >= 15 is 0 Å². The van der Waals surface area contributed by atoms with Crippen molar-refractivity contribution in [2.24, 2.45) is 5.92 Å². The van der Waals surface area contributed by atoms with Gasteiger partial charge < -0.3 is 20.8 Å². The zero-order valence-electron chi connectivity index (χ0n) is 25.1. The smallest absolute Gasteiger partial charge is 0.337 e. The van der Waals surface area contributed by atoms with Crippen molar-refractivity contribution in [1.82, 2.24) is 25.2 Å². The van der Waals surface area contributed by atoms with Crippen LogP contribution in [0.15, 0.2) is 83.7 Å². The van der Waals surface area contributed by atoms with Crippen LogP contribution >= 0.6 is 11.6 Å². The molecule has 0 aliphatic carbocycles. The number of rotatable bonds is 6. The van der Waals surface area contributed by atoms with Crippen LogP contribution in [0.1, 0.15) is 53.8 Å². The molecule has 230 valence electrons. The molecule has 1 aliphatic rings. The highest BCUT2D eigenvalue weighted by atomic mass is 35.5.